The monoisotopic (exact) mass is 435 g/mol. The van der Waals surface area contributed by atoms with Gasteiger partial charge in [-0.2, -0.15) is 0 Å². The lowest BCUT2D eigenvalue weighted by Gasteiger charge is -2.27. The maximum absolute atomic E-state index is 13.3. The number of allylic oxidation sites excluding steroid dienone is 3. The largest absolute Gasteiger partial charge is 0.454 e. The van der Waals surface area contributed by atoms with Crippen LogP contribution < -0.4 is 5.32 Å². The highest BCUT2D eigenvalue weighted by molar-refractivity contribution is 7.17. The number of hydrogen-bond donors (Lipinski definition) is 1. The lowest BCUT2D eigenvalue weighted by Crippen LogP contribution is -2.31. The predicted octanol–water partition coefficient (Wildman–Crippen LogP) is 5.07. The van der Waals surface area contributed by atoms with Gasteiger partial charge < -0.3 is 10.1 Å². The van der Waals surface area contributed by atoms with Crippen LogP contribution in [0.1, 0.15) is 43.9 Å². The number of carbonyl (C=O) groups is 1. The molecule has 7 nitrogen and oxygen atoms in total. The summed E-state index contributed by atoms with van der Waals surface area (Å²) in [5, 5.41) is 17.7. The summed E-state index contributed by atoms with van der Waals surface area (Å²) in [4.78, 5) is 29.1. The highest BCUT2D eigenvalue weighted by Gasteiger charge is 2.42. The lowest BCUT2D eigenvalue weighted by molar-refractivity contribution is -0.431. The molecule has 3 heterocycles. The van der Waals surface area contributed by atoms with Gasteiger partial charge in [0.05, 0.1) is 16.2 Å². The van der Waals surface area contributed by atoms with E-state index in [9.17, 15) is 14.9 Å². The van der Waals surface area contributed by atoms with Crippen molar-refractivity contribution in [2.75, 3.05) is 0 Å². The highest BCUT2D eigenvalue weighted by atomic mass is 32.1. The minimum absolute atomic E-state index is 0.0616. The minimum atomic E-state index is -0.857. The molecule has 0 spiro atoms. The van der Waals surface area contributed by atoms with E-state index in [1.54, 1.807) is 33.2 Å². The molecule has 0 fully saturated rings. The number of dihydropyridines is 1. The second kappa shape index (κ2) is 8.31. The van der Waals surface area contributed by atoms with Gasteiger partial charge in [0, 0.05) is 28.2 Å². The van der Waals surface area contributed by atoms with Crippen LogP contribution in [0.2, 0.25) is 0 Å². The van der Waals surface area contributed by atoms with Gasteiger partial charge in [-0.1, -0.05) is 30.3 Å². The van der Waals surface area contributed by atoms with E-state index in [1.807, 2.05) is 41.8 Å². The average molecular weight is 436 g/mol. The zero-order valence-electron chi connectivity index (χ0n) is 17.3. The van der Waals surface area contributed by atoms with Crippen LogP contribution in [-0.2, 0) is 9.53 Å². The molecule has 0 amide bonds. The second-order valence-electron chi connectivity index (χ2n) is 7.39. The zero-order valence-corrected chi connectivity index (χ0v) is 18.1. The Morgan fingerprint density at radius 3 is 2.68 bits per heavy atom. The van der Waals surface area contributed by atoms with E-state index in [1.165, 1.54) is 11.3 Å². The van der Waals surface area contributed by atoms with Crippen molar-refractivity contribution in [3.63, 3.8) is 0 Å². The van der Waals surface area contributed by atoms with Gasteiger partial charge in [0.1, 0.15) is 12.0 Å². The van der Waals surface area contributed by atoms with E-state index >= 15 is 0 Å². The van der Waals surface area contributed by atoms with E-state index in [4.69, 9.17) is 4.74 Å². The molecule has 3 aromatic rings. The number of thiophene rings is 1. The van der Waals surface area contributed by atoms with Crippen molar-refractivity contribution in [1.29, 1.82) is 0 Å². The summed E-state index contributed by atoms with van der Waals surface area (Å²) in [6.45, 7) is 5.17. The standard InChI is InChI=1S/C23H21N3O4S/c1-13-20(23(27)30-15(3)16-7-5-4-6-8-16)21(22(26(28)29)14(2)25-13)18-12-31-19-9-10-24-11-17(18)19/h4-12,15,21,25H,1-3H3/t15?,21-/m0/s1. The maximum atomic E-state index is 13.3. The highest BCUT2D eigenvalue weighted by Crippen LogP contribution is 2.43. The summed E-state index contributed by atoms with van der Waals surface area (Å²) >= 11 is 1.47. The normalized spacial score (nSPS) is 17.5. The summed E-state index contributed by atoms with van der Waals surface area (Å²) < 4.78 is 6.71. The number of rotatable bonds is 5. The number of pyridine rings is 1. The topological polar surface area (TPSA) is 94.4 Å². The average Bonchev–Trinajstić information content (AvgIpc) is 3.17. The van der Waals surface area contributed by atoms with Crippen molar-refractivity contribution in [2.24, 2.45) is 0 Å². The summed E-state index contributed by atoms with van der Waals surface area (Å²) in [5.41, 5.74) is 2.65. The summed E-state index contributed by atoms with van der Waals surface area (Å²) in [6, 6.07) is 11.2. The number of ether oxygens (including phenoxy) is 1. The van der Waals surface area contributed by atoms with E-state index in [-0.39, 0.29) is 11.3 Å². The number of carbonyl (C=O) groups excluding carboxylic acids is 1. The zero-order chi connectivity index (χ0) is 22.1. The quantitative estimate of drug-likeness (QED) is 0.342. The number of aromatic nitrogens is 1. The Balaban J connectivity index is 1.80. The fourth-order valence-corrected chi connectivity index (χ4v) is 4.88. The van der Waals surface area contributed by atoms with Crippen molar-refractivity contribution in [3.05, 3.63) is 98.1 Å². The molecule has 2 aromatic heterocycles. The van der Waals surface area contributed by atoms with Gasteiger partial charge in [0.2, 0.25) is 0 Å². The molecule has 8 heteroatoms. The van der Waals surface area contributed by atoms with E-state index in [0.717, 1.165) is 15.6 Å². The molecule has 31 heavy (non-hydrogen) atoms. The molecule has 0 aliphatic carbocycles. The Bertz CT molecular complexity index is 1230. The van der Waals surface area contributed by atoms with Gasteiger partial charge in [0.15, 0.2) is 0 Å². The lowest BCUT2D eigenvalue weighted by atomic mass is 9.84. The molecule has 0 saturated heterocycles. The van der Waals surface area contributed by atoms with Gasteiger partial charge in [-0.25, -0.2) is 4.79 Å². The number of nitrogens with one attached hydrogen (secondary N) is 1. The first-order chi connectivity index (χ1) is 14.9. The predicted molar refractivity (Wildman–Crippen MR) is 119 cm³/mol. The first-order valence-electron chi connectivity index (χ1n) is 9.78. The van der Waals surface area contributed by atoms with Crippen LogP contribution in [0.15, 0.2) is 76.8 Å². The van der Waals surface area contributed by atoms with Crippen LogP contribution in [0, 0.1) is 10.1 Å². The van der Waals surface area contributed by atoms with Crippen molar-refractivity contribution in [1.82, 2.24) is 10.3 Å². The van der Waals surface area contributed by atoms with Crippen LogP contribution in [-0.4, -0.2) is 15.9 Å². The SMILES string of the molecule is CC1=C(C(=O)OC(C)c2ccccc2)[C@H](c2csc3ccncc23)C([N+](=O)[O-])=C(C)N1. The van der Waals surface area contributed by atoms with Gasteiger partial charge >= 0.3 is 5.97 Å². The number of hydrogen-bond acceptors (Lipinski definition) is 7. The smallest absolute Gasteiger partial charge is 0.337 e. The molecular formula is C23H21N3O4S. The Morgan fingerprint density at radius 1 is 1.23 bits per heavy atom. The van der Waals surface area contributed by atoms with Crippen LogP contribution >= 0.6 is 11.3 Å². The van der Waals surface area contributed by atoms with Gasteiger partial charge in [-0.05, 0) is 43.3 Å². The molecule has 1 aromatic carbocycles. The first-order valence-corrected chi connectivity index (χ1v) is 10.7. The van der Waals surface area contributed by atoms with Crippen LogP contribution in [0.4, 0.5) is 0 Å². The van der Waals surface area contributed by atoms with E-state index in [0.29, 0.717) is 17.0 Å². The molecule has 1 N–H and O–H groups in total. The first kappa shape index (κ1) is 20.7. The van der Waals surface area contributed by atoms with Gasteiger partial charge in [0.25, 0.3) is 5.70 Å². The molecule has 158 valence electrons. The summed E-state index contributed by atoms with van der Waals surface area (Å²) in [7, 11) is 0. The maximum Gasteiger partial charge on any atom is 0.337 e. The number of fused-ring (bicyclic) bond motifs is 1. The fourth-order valence-electron chi connectivity index (χ4n) is 3.93. The molecule has 0 bridgehead atoms. The minimum Gasteiger partial charge on any atom is -0.454 e. The molecule has 1 unspecified atom stereocenters. The second-order valence-corrected chi connectivity index (χ2v) is 8.30. The van der Waals surface area contributed by atoms with Crippen molar-refractivity contribution in [3.8, 4) is 0 Å². The Hall–Kier alpha value is -3.52. The molecule has 0 radical (unpaired) electrons. The van der Waals surface area contributed by atoms with Crippen LogP contribution in [0.5, 0.6) is 0 Å². The molecule has 1 aliphatic heterocycles. The molecular weight excluding hydrogens is 414 g/mol. The van der Waals surface area contributed by atoms with Crippen molar-refractivity contribution < 1.29 is 14.5 Å². The third-order valence-corrected chi connectivity index (χ3v) is 6.39. The van der Waals surface area contributed by atoms with Crippen LogP contribution in [0.3, 0.4) is 0 Å². The number of nitro groups is 1. The van der Waals surface area contributed by atoms with Crippen LogP contribution in [0.25, 0.3) is 10.1 Å². The number of esters is 1. The fraction of sp³-hybridized carbons (Fsp3) is 0.217. The Kier molecular flexibility index (Phi) is 5.56. The summed E-state index contributed by atoms with van der Waals surface area (Å²) in [6.07, 6.45) is 2.86. The van der Waals surface area contributed by atoms with Gasteiger partial charge in [-0.15, -0.1) is 11.3 Å². The molecule has 4 rings (SSSR count). The number of benzene rings is 1. The third-order valence-electron chi connectivity index (χ3n) is 5.41. The third kappa shape index (κ3) is 3.82. The Morgan fingerprint density at radius 2 is 1.97 bits per heavy atom. The Labute approximate surface area is 183 Å². The molecule has 2 atom stereocenters. The molecule has 1 aliphatic rings. The molecule has 0 saturated carbocycles. The van der Waals surface area contributed by atoms with Gasteiger partial charge in [-0.3, -0.25) is 15.1 Å². The summed E-state index contributed by atoms with van der Waals surface area (Å²) in [5.74, 6) is -1.44. The number of nitrogens with zero attached hydrogens (tertiary/aromatic N) is 2. The van der Waals surface area contributed by atoms with E-state index in [2.05, 4.69) is 10.3 Å². The van der Waals surface area contributed by atoms with Crippen molar-refractivity contribution in [2.45, 2.75) is 32.8 Å². The van der Waals surface area contributed by atoms with E-state index < -0.39 is 22.9 Å². The van der Waals surface area contributed by atoms with Crippen molar-refractivity contribution >= 4 is 27.4 Å².